The van der Waals surface area contributed by atoms with Crippen LogP contribution >= 0.6 is 0 Å². The second-order valence-corrected chi connectivity index (χ2v) is 3.75. The molecular weight excluding hydrogens is 180 g/mol. The van der Waals surface area contributed by atoms with E-state index in [0.717, 1.165) is 25.8 Å². The molecule has 0 aromatic heterocycles. The smallest absolute Gasteiger partial charge is 0.246 e. The van der Waals surface area contributed by atoms with Gasteiger partial charge >= 0.3 is 0 Å². The fraction of sp³-hybridized carbons (Fsp3) is 0.900. The molecule has 0 bridgehead atoms. The van der Waals surface area contributed by atoms with Crippen LogP contribution in [0.1, 0.15) is 32.6 Å². The molecule has 0 spiro atoms. The second kappa shape index (κ2) is 5.98. The third-order valence-electron chi connectivity index (χ3n) is 2.65. The van der Waals surface area contributed by atoms with Crippen molar-refractivity contribution in [3.8, 4) is 0 Å². The molecule has 1 atom stereocenters. The summed E-state index contributed by atoms with van der Waals surface area (Å²) in [6.45, 7) is 4.04. The fourth-order valence-corrected chi connectivity index (χ4v) is 1.54. The Bertz CT molecular complexity index is 175. The summed E-state index contributed by atoms with van der Waals surface area (Å²) in [5.74, 6) is 0.384. The van der Waals surface area contributed by atoms with Crippen LogP contribution in [0.4, 0.5) is 0 Å². The van der Waals surface area contributed by atoms with Gasteiger partial charge in [0.15, 0.2) is 0 Å². The topological polar surface area (TPSA) is 55.6 Å². The molecule has 0 aromatic rings. The van der Waals surface area contributed by atoms with Crippen molar-refractivity contribution in [1.82, 2.24) is 5.06 Å². The summed E-state index contributed by atoms with van der Waals surface area (Å²) in [5, 5.41) is 1.50. The molecule has 14 heavy (non-hydrogen) atoms. The maximum atomic E-state index is 11.7. The van der Waals surface area contributed by atoms with E-state index in [2.05, 4.69) is 6.92 Å². The van der Waals surface area contributed by atoms with Gasteiger partial charge in [0.2, 0.25) is 5.91 Å². The molecule has 1 aliphatic rings. The van der Waals surface area contributed by atoms with Crippen molar-refractivity contribution in [3.05, 3.63) is 0 Å². The number of hydrogen-bond donors (Lipinski definition) is 1. The summed E-state index contributed by atoms with van der Waals surface area (Å²) in [6, 6.07) is 0. The third-order valence-corrected chi connectivity index (χ3v) is 2.65. The summed E-state index contributed by atoms with van der Waals surface area (Å²) in [6.07, 6.45) is 3.58. The molecule has 1 aliphatic heterocycles. The van der Waals surface area contributed by atoms with E-state index in [4.69, 9.17) is 10.6 Å². The summed E-state index contributed by atoms with van der Waals surface area (Å²) < 4.78 is 0. The zero-order chi connectivity index (χ0) is 10.4. The quantitative estimate of drug-likeness (QED) is 0.734. The third kappa shape index (κ3) is 3.27. The lowest BCUT2D eigenvalue weighted by Crippen LogP contribution is -2.37. The van der Waals surface area contributed by atoms with Crippen molar-refractivity contribution in [2.24, 2.45) is 11.7 Å². The minimum Gasteiger partial charge on any atom is -0.330 e. The van der Waals surface area contributed by atoms with Gasteiger partial charge in [-0.15, -0.1) is 0 Å². The van der Waals surface area contributed by atoms with Crippen LogP contribution in [0.2, 0.25) is 0 Å². The molecule has 1 unspecified atom stereocenters. The van der Waals surface area contributed by atoms with Crippen LogP contribution in [0.25, 0.3) is 0 Å². The average molecular weight is 200 g/mol. The Kier molecular flexibility index (Phi) is 4.90. The molecule has 1 rings (SSSR count). The normalized spacial score (nSPS) is 19.4. The lowest BCUT2D eigenvalue weighted by atomic mass is 10.0. The fourth-order valence-electron chi connectivity index (χ4n) is 1.54. The second-order valence-electron chi connectivity index (χ2n) is 3.75. The van der Waals surface area contributed by atoms with E-state index < -0.39 is 0 Å². The molecule has 0 aromatic carbocycles. The van der Waals surface area contributed by atoms with Crippen molar-refractivity contribution in [1.29, 1.82) is 0 Å². The van der Waals surface area contributed by atoms with Crippen molar-refractivity contribution in [2.75, 3.05) is 19.7 Å². The molecule has 82 valence electrons. The van der Waals surface area contributed by atoms with Crippen molar-refractivity contribution in [2.45, 2.75) is 32.6 Å². The van der Waals surface area contributed by atoms with Gasteiger partial charge in [-0.05, 0) is 25.3 Å². The maximum absolute atomic E-state index is 11.7. The van der Waals surface area contributed by atoms with E-state index >= 15 is 0 Å². The number of nitrogens with two attached hydrogens (primary N) is 1. The molecule has 0 radical (unpaired) electrons. The molecule has 2 N–H and O–H groups in total. The molecule has 1 saturated heterocycles. The van der Waals surface area contributed by atoms with Crippen LogP contribution in [-0.4, -0.2) is 30.7 Å². The number of rotatable bonds is 4. The number of carbonyl (C=O) groups excluding carboxylic acids is 1. The molecule has 1 fully saturated rings. The van der Waals surface area contributed by atoms with Gasteiger partial charge in [0, 0.05) is 13.0 Å². The van der Waals surface area contributed by atoms with Crippen LogP contribution in [-0.2, 0) is 9.63 Å². The van der Waals surface area contributed by atoms with Gasteiger partial charge in [-0.2, -0.15) is 0 Å². The predicted molar refractivity (Wildman–Crippen MR) is 54.4 cm³/mol. The van der Waals surface area contributed by atoms with E-state index in [-0.39, 0.29) is 5.91 Å². The number of amides is 1. The monoisotopic (exact) mass is 200 g/mol. The molecular formula is C10H20N2O2. The Morgan fingerprint density at radius 1 is 1.57 bits per heavy atom. The van der Waals surface area contributed by atoms with E-state index in [1.807, 2.05) is 0 Å². The number of hydrogen-bond acceptors (Lipinski definition) is 3. The first-order valence-electron chi connectivity index (χ1n) is 5.41. The Balaban J connectivity index is 2.32. The van der Waals surface area contributed by atoms with Gasteiger partial charge in [-0.3, -0.25) is 9.63 Å². The van der Waals surface area contributed by atoms with Gasteiger partial charge in [-0.25, -0.2) is 5.06 Å². The van der Waals surface area contributed by atoms with Crippen molar-refractivity contribution >= 4 is 5.91 Å². The van der Waals surface area contributed by atoms with Crippen LogP contribution in [0.3, 0.4) is 0 Å². The lowest BCUT2D eigenvalue weighted by Gasteiger charge is -2.27. The highest BCUT2D eigenvalue weighted by Gasteiger charge is 2.20. The number of nitrogens with zero attached hydrogens (tertiary/aromatic N) is 1. The van der Waals surface area contributed by atoms with E-state index in [0.29, 0.717) is 25.5 Å². The highest BCUT2D eigenvalue weighted by Crippen LogP contribution is 2.12. The van der Waals surface area contributed by atoms with Crippen LogP contribution in [0, 0.1) is 5.92 Å². The zero-order valence-electron chi connectivity index (χ0n) is 8.87. The number of carbonyl (C=O) groups is 1. The van der Waals surface area contributed by atoms with Crippen LogP contribution < -0.4 is 5.73 Å². The summed E-state index contributed by atoms with van der Waals surface area (Å²) in [7, 11) is 0. The van der Waals surface area contributed by atoms with Crippen molar-refractivity contribution in [3.63, 3.8) is 0 Å². The lowest BCUT2D eigenvalue weighted by molar-refractivity contribution is -0.197. The Morgan fingerprint density at radius 3 is 2.86 bits per heavy atom. The highest BCUT2D eigenvalue weighted by atomic mass is 16.7. The SMILES string of the molecule is CCC(CN)CC(=O)N1CCCCO1. The average Bonchev–Trinajstić information content (AvgIpc) is 2.26. The van der Waals surface area contributed by atoms with E-state index in [1.165, 1.54) is 5.06 Å². The molecule has 0 aliphatic carbocycles. The van der Waals surface area contributed by atoms with Gasteiger partial charge < -0.3 is 5.73 Å². The first-order chi connectivity index (χ1) is 6.77. The first kappa shape index (κ1) is 11.5. The van der Waals surface area contributed by atoms with Gasteiger partial charge in [0.25, 0.3) is 0 Å². The van der Waals surface area contributed by atoms with Gasteiger partial charge in [-0.1, -0.05) is 13.3 Å². The summed E-state index contributed by atoms with van der Waals surface area (Å²) in [5.41, 5.74) is 5.55. The molecule has 1 heterocycles. The minimum atomic E-state index is 0.0852. The van der Waals surface area contributed by atoms with E-state index in [9.17, 15) is 4.79 Å². The largest absolute Gasteiger partial charge is 0.330 e. The Hall–Kier alpha value is -0.610. The van der Waals surface area contributed by atoms with Crippen LogP contribution in [0.15, 0.2) is 0 Å². The summed E-state index contributed by atoms with van der Waals surface area (Å²) in [4.78, 5) is 16.9. The first-order valence-corrected chi connectivity index (χ1v) is 5.41. The molecule has 1 amide bonds. The Labute approximate surface area is 85.3 Å². The molecule has 4 heteroatoms. The van der Waals surface area contributed by atoms with Crippen molar-refractivity contribution < 1.29 is 9.63 Å². The number of hydroxylamine groups is 2. The molecule has 4 nitrogen and oxygen atoms in total. The van der Waals surface area contributed by atoms with Gasteiger partial charge in [0.05, 0.1) is 6.61 Å². The van der Waals surface area contributed by atoms with Gasteiger partial charge in [0.1, 0.15) is 0 Å². The minimum absolute atomic E-state index is 0.0852. The predicted octanol–water partition coefficient (Wildman–Crippen LogP) is 0.915. The standard InChI is InChI=1S/C10H20N2O2/c1-2-9(8-11)7-10(13)12-5-3-4-6-14-12/h9H,2-8,11H2,1H3. The zero-order valence-corrected chi connectivity index (χ0v) is 8.87. The summed E-state index contributed by atoms with van der Waals surface area (Å²) >= 11 is 0. The van der Waals surface area contributed by atoms with Crippen LogP contribution in [0.5, 0.6) is 0 Å². The van der Waals surface area contributed by atoms with E-state index in [1.54, 1.807) is 0 Å². The maximum Gasteiger partial charge on any atom is 0.246 e. The Morgan fingerprint density at radius 2 is 2.36 bits per heavy atom. The molecule has 0 saturated carbocycles. The highest BCUT2D eigenvalue weighted by molar-refractivity contribution is 5.75.